The van der Waals surface area contributed by atoms with Crippen LogP contribution >= 0.6 is 0 Å². The van der Waals surface area contributed by atoms with Gasteiger partial charge in [-0.2, -0.15) is 5.10 Å². The van der Waals surface area contributed by atoms with Gasteiger partial charge in [-0.25, -0.2) is 9.97 Å². The van der Waals surface area contributed by atoms with Crippen molar-refractivity contribution >= 4 is 40.0 Å². The first-order chi connectivity index (χ1) is 21.4. The summed E-state index contributed by atoms with van der Waals surface area (Å²) >= 11 is 0. The lowest BCUT2D eigenvalue weighted by Gasteiger charge is -2.36. The summed E-state index contributed by atoms with van der Waals surface area (Å²) in [5.74, 6) is 0.269. The second-order valence-electron chi connectivity index (χ2n) is 12.0. The fourth-order valence-electron chi connectivity index (χ4n) is 6.73. The van der Waals surface area contributed by atoms with E-state index in [0.717, 1.165) is 47.7 Å². The van der Waals surface area contributed by atoms with Crippen LogP contribution in [0.5, 0.6) is 0 Å². The number of hydrogen-bond acceptors (Lipinski definition) is 8. The molecule has 0 radical (unpaired) electrons. The number of piperazine rings is 1. The summed E-state index contributed by atoms with van der Waals surface area (Å²) in [5, 5.41) is 13.1. The highest BCUT2D eigenvalue weighted by Gasteiger charge is 2.45. The van der Waals surface area contributed by atoms with Gasteiger partial charge in [-0.3, -0.25) is 24.4 Å². The largest absolute Gasteiger partial charge is 0.365 e. The summed E-state index contributed by atoms with van der Waals surface area (Å²) in [6.45, 7) is 5.09. The highest BCUT2D eigenvalue weighted by Crippen LogP contribution is 2.35. The maximum absolute atomic E-state index is 13.3. The van der Waals surface area contributed by atoms with Gasteiger partial charge in [0, 0.05) is 67.4 Å². The number of fused-ring (bicyclic) bond motifs is 3. The zero-order valence-electron chi connectivity index (χ0n) is 24.8. The molecule has 3 aliphatic rings. The van der Waals surface area contributed by atoms with Crippen molar-refractivity contribution < 1.29 is 14.4 Å². The average Bonchev–Trinajstić information content (AvgIpc) is 3.85. The van der Waals surface area contributed by atoms with Crippen molar-refractivity contribution in [2.45, 2.75) is 31.8 Å². The molecule has 3 atom stereocenters. The maximum Gasteiger partial charge on any atom is 0.272 e. The summed E-state index contributed by atoms with van der Waals surface area (Å²) in [7, 11) is 1.55. The third-order valence-corrected chi connectivity index (χ3v) is 9.07. The number of likely N-dealkylation sites (tertiary alicyclic amines) is 2. The second kappa shape index (κ2) is 11.3. The van der Waals surface area contributed by atoms with Gasteiger partial charge in [0.05, 0.1) is 24.0 Å². The van der Waals surface area contributed by atoms with E-state index in [9.17, 15) is 14.4 Å². The van der Waals surface area contributed by atoms with Crippen molar-refractivity contribution in [3.8, 4) is 11.4 Å². The normalized spacial score (nSPS) is 21.3. The van der Waals surface area contributed by atoms with Crippen molar-refractivity contribution in [3.05, 3.63) is 66.1 Å². The topological polar surface area (TPSA) is 139 Å². The molecular formula is C32H35N9O3. The fourth-order valence-corrected chi connectivity index (χ4v) is 6.73. The van der Waals surface area contributed by atoms with Crippen molar-refractivity contribution in [3.63, 3.8) is 0 Å². The molecule has 3 aliphatic heterocycles. The van der Waals surface area contributed by atoms with E-state index in [1.807, 2.05) is 24.2 Å². The number of rotatable bonds is 7. The van der Waals surface area contributed by atoms with Gasteiger partial charge in [0.25, 0.3) is 5.91 Å². The Kier molecular flexibility index (Phi) is 7.21. The summed E-state index contributed by atoms with van der Waals surface area (Å²) in [4.78, 5) is 53.9. The molecule has 3 N–H and O–H groups in total. The van der Waals surface area contributed by atoms with Crippen LogP contribution in [0.1, 0.15) is 28.9 Å². The predicted molar refractivity (Wildman–Crippen MR) is 166 cm³/mol. The zero-order chi connectivity index (χ0) is 30.4. The molecule has 5 heterocycles. The lowest BCUT2D eigenvalue weighted by molar-refractivity contribution is -0.133. The molecule has 4 aromatic rings. The first kappa shape index (κ1) is 28.0. The number of carbonyl (C=O) groups is 3. The molecular weight excluding hydrogens is 558 g/mol. The Morgan fingerprint density at radius 3 is 2.52 bits per heavy atom. The lowest BCUT2D eigenvalue weighted by atomic mass is 10.1. The summed E-state index contributed by atoms with van der Waals surface area (Å²) < 4.78 is 0. The van der Waals surface area contributed by atoms with Crippen molar-refractivity contribution in [1.82, 2.24) is 35.3 Å². The molecule has 7 rings (SSSR count). The number of hydrogen-bond donors (Lipinski definition) is 3. The first-order valence-corrected chi connectivity index (χ1v) is 15.0. The van der Waals surface area contributed by atoms with Gasteiger partial charge in [-0.15, -0.1) is 0 Å². The number of carbonyl (C=O) groups excluding carboxylic acids is 3. The minimum atomic E-state index is -0.294. The molecule has 2 bridgehead atoms. The monoisotopic (exact) mass is 593 g/mol. The molecule has 12 nitrogen and oxygen atoms in total. The Labute approximate surface area is 254 Å². The number of aromatic amines is 1. The van der Waals surface area contributed by atoms with Crippen LogP contribution in [-0.2, 0) is 9.59 Å². The van der Waals surface area contributed by atoms with Crippen LogP contribution in [0.2, 0.25) is 0 Å². The molecule has 0 saturated carbocycles. The Morgan fingerprint density at radius 2 is 1.80 bits per heavy atom. The van der Waals surface area contributed by atoms with E-state index in [1.165, 1.54) is 0 Å². The van der Waals surface area contributed by atoms with Gasteiger partial charge in [0.2, 0.25) is 11.8 Å². The molecule has 226 valence electrons. The molecule has 3 fully saturated rings. The van der Waals surface area contributed by atoms with E-state index in [1.54, 1.807) is 25.2 Å². The molecule has 2 aromatic carbocycles. The van der Waals surface area contributed by atoms with Gasteiger partial charge in [0.15, 0.2) is 11.5 Å². The van der Waals surface area contributed by atoms with E-state index in [4.69, 9.17) is 0 Å². The summed E-state index contributed by atoms with van der Waals surface area (Å²) in [6.07, 6.45) is 5.32. The predicted octanol–water partition coefficient (Wildman–Crippen LogP) is 2.44. The van der Waals surface area contributed by atoms with Gasteiger partial charge in [-0.05, 0) is 74.3 Å². The first-order valence-electron chi connectivity index (χ1n) is 15.0. The summed E-state index contributed by atoms with van der Waals surface area (Å²) in [6, 6.07) is 14.2. The van der Waals surface area contributed by atoms with Crippen LogP contribution in [0.4, 0.5) is 11.4 Å². The third-order valence-electron chi connectivity index (χ3n) is 9.07. The molecule has 12 heteroatoms. The standard InChI is InChI=1S/C32H35N9O3/c1-19-13-34-30(35-14-19)20-3-6-23(7-4-20)40-16-25-12-24(40)17-41(25)28(42)18-39-10-9-21(15-39)31(43)36-22-5-8-27-26(11-22)29(38-37-27)32(44)33-2/h3-8,11,13-14,21,24-25H,9-10,12,15-18H2,1-2H3,(H,33,44)(H,36,43)(H,37,38)/t21-,24+,25+/m1/s1. The smallest absolute Gasteiger partial charge is 0.272 e. The van der Waals surface area contributed by atoms with Crippen LogP contribution in [-0.4, -0.2) is 99.5 Å². The Bertz CT molecular complexity index is 1720. The average molecular weight is 594 g/mol. The fraction of sp³-hybridized carbons (Fsp3) is 0.375. The molecule has 3 saturated heterocycles. The number of benzene rings is 2. The number of H-pyrrole nitrogens is 1. The van der Waals surface area contributed by atoms with E-state index in [-0.39, 0.29) is 35.4 Å². The molecule has 0 unspecified atom stereocenters. The highest BCUT2D eigenvalue weighted by molar-refractivity contribution is 6.06. The van der Waals surface area contributed by atoms with Crippen LogP contribution in [0, 0.1) is 12.8 Å². The minimum absolute atomic E-state index is 0.0832. The van der Waals surface area contributed by atoms with Crippen LogP contribution in [0.25, 0.3) is 22.3 Å². The van der Waals surface area contributed by atoms with Gasteiger partial charge in [0.1, 0.15) is 0 Å². The number of aromatic nitrogens is 4. The second-order valence-corrected chi connectivity index (χ2v) is 12.0. The number of nitrogens with zero attached hydrogens (tertiary/aromatic N) is 6. The van der Waals surface area contributed by atoms with Crippen LogP contribution in [0.3, 0.4) is 0 Å². The SMILES string of the molecule is CNC(=O)c1n[nH]c2ccc(NC(=O)[C@@H]3CCN(CC(=O)N4C[C@@H]5C[C@H]4CN5c4ccc(-c5ncc(C)cn5)cc4)C3)cc12. The lowest BCUT2D eigenvalue weighted by Crippen LogP contribution is -2.51. The van der Waals surface area contributed by atoms with E-state index in [2.05, 4.69) is 64.9 Å². The maximum atomic E-state index is 13.3. The van der Waals surface area contributed by atoms with Gasteiger partial charge in [-0.1, -0.05) is 0 Å². The zero-order valence-corrected chi connectivity index (χ0v) is 24.8. The summed E-state index contributed by atoms with van der Waals surface area (Å²) in [5.41, 5.74) is 4.80. The Balaban J connectivity index is 0.913. The van der Waals surface area contributed by atoms with Crippen molar-refractivity contribution in [1.29, 1.82) is 0 Å². The number of nitrogens with one attached hydrogen (secondary N) is 3. The van der Waals surface area contributed by atoms with Crippen LogP contribution in [0.15, 0.2) is 54.9 Å². The minimum Gasteiger partial charge on any atom is -0.365 e. The van der Waals surface area contributed by atoms with E-state index >= 15 is 0 Å². The number of amides is 3. The molecule has 3 amide bonds. The molecule has 2 aromatic heterocycles. The molecule has 0 spiro atoms. The van der Waals surface area contributed by atoms with E-state index in [0.29, 0.717) is 43.2 Å². The quantitative estimate of drug-likeness (QED) is 0.297. The van der Waals surface area contributed by atoms with Crippen molar-refractivity contribution in [2.24, 2.45) is 5.92 Å². The Hall–Kier alpha value is -4.84. The van der Waals surface area contributed by atoms with E-state index < -0.39 is 0 Å². The van der Waals surface area contributed by atoms with Gasteiger partial charge < -0.3 is 20.4 Å². The molecule has 0 aliphatic carbocycles. The number of aryl methyl sites for hydroxylation is 1. The Morgan fingerprint density at radius 1 is 1.00 bits per heavy atom. The number of anilines is 2. The third kappa shape index (κ3) is 5.25. The highest BCUT2D eigenvalue weighted by atomic mass is 16.2. The van der Waals surface area contributed by atoms with Crippen LogP contribution < -0.4 is 15.5 Å². The van der Waals surface area contributed by atoms with Crippen molar-refractivity contribution in [2.75, 3.05) is 50.0 Å². The van der Waals surface area contributed by atoms with Gasteiger partial charge >= 0.3 is 0 Å². The molecule has 44 heavy (non-hydrogen) atoms.